The minimum atomic E-state index is -0.483. The van der Waals surface area contributed by atoms with Crippen LogP contribution in [-0.4, -0.2) is 26.0 Å². The van der Waals surface area contributed by atoms with Crippen LogP contribution in [0.3, 0.4) is 0 Å². The van der Waals surface area contributed by atoms with Gasteiger partial charge >= 0.3 is 5.97 Å². The van der Waals surface area contributed by atoms with Crippen molar-refractivity contribution in [2.75, 3.05) is 14.2 Å². The summed E-state index contributed by atoms with van der Waals surface area (Å²) in [5.74, 6) is 1.28. The van der Waals surface area contributed by atoms with Crippen molar-refractivity contribution in [2.24, 2.45) is 0 Å². The van der Waals surface area contributed by atoms with Crippen molar-refractivity contribution >= 4 is 17.8 Å². The van der Waals surface area contributed by atoms with E-state index in [0.29, 0.717) is 45.3 Å². The van der Waals surface area contributed by atoms with E-state index in [4.69, 9.17) is 18.9 Å². The fourth-order valence-electron chi connectivity index (χ4n) is 3.36. The van der Waals surface area contributed by atoms with E-state index in [1.54, 1.807) is 81.8 Å². The van der Waals surface area contributed by atoms with Gasteiger partial charge in [0.05, 0.1) is 25.3 Å². The van der Waals surface area contributed by atoms with E-state index < -0.39 is 5.97 Å². The van der Waals surface area contributed by atoms with Crippen LogP contribution in [-0.2, 0) is 0 Å². The van der Waals surface area contributed by atoms with Crippen molar-refractivity contribution in [2.45, 2.75) is 6.92 Å². The first-order valence-electron chi connectivity index (χ1n) is 9.58. The van der Waals surface area contributed by atoms with E-state index in [9.17, 15) is 9.59 Å². The fourth-order valence-corrected chi connectivity index (χ4v) is 3.36. The maximum Gasteiger partial charge on any atom is 0.343 e. The third kappa shape index (κ3) is 4.00. The van der Waals surface area contributed by atoms with Crippen molar-refractivity contribution < 1.29 is 28.5 Å². The number of rotatable bonds is 5. The molecule has 0 aromatic heterocycles. The first-order chi connectivity index (χ1) is 15.0. The lowest BCUT2D eigenvalue weighted by Crippen LogP contribution is -2.08. The highest BCUT2D eigenvalue weighted by atomic mass is 16.5. The minimum absolute atomic E-state index is 0.160. The zero-order valence-corrected chi connectivity index (χ0v) is 17.3. The summed E-state index contributed by atoms with van der Waals surface area (Å²) in [6.45, 7) is 1.77. The molecule has 0 fully saturated rings. The summed E-state index contributed by atoms with van der Waals surface area (Å²) in [5.41, 5.74) is 2.21. The molecule has 0 bridgehead atoms. The number of ether oxygens (including phenoxy) is 4. The fraction of sp³-hybridized carbons (Fsp3) is 0.120. The molecule has 0 aliphatic carbocycles. The number of fused-ring (bicyclic) bond motifs is 1. The Hall–Kier alpha value is -4.06. The van der Waals surface area contributed by atoms with E-state index in [0.717, 1.165) is 0 Å². The molecular weight excluding hydrogens is 396 g/mol. The van der Waals surface area contributed by atoms with Gasteiger partial charge in [-0.05, 0) is 48.9 Å². The molecule has 0 saturated heterocycles. The van der Waals surface area contributed by atoms with Gasteiger partial charge in [-0.1, -0.05) is 18.2 Å². The number of ketones is 1. The van der Waals surface area contributed by atoms with Crippen LogP contribution < -0.4 is 18.9 Å². The zero-order valence-electron chi connectivity index (χ0n) is 17.3. The number of esters is 1. The molecular formula is C25H20O6. The second-order valence-electron chi connectivity index (χ2n) is 6.92. The Balaban J connectivity index is 1.63. The molecule has 6 heteroatoms. The van der Waals surface area contributed by atoms with Crippen LogP contribution >= 0.6 is 0 Å². The van der Waals surface area contributed by atoms with Crippen LogP contribution in [0.1, 0.15) is 31.8 Å². The molecule has 0 N–H and O–H groups in total. The number of hydrogen-bond donors (Lipinski definition) is 0. The number of carbonyl (C=O) groups is 2. The number of allylic oxidation sites excluding steroid dienone is 1. The Labute approximate surface area is 179 Å². The third-order valence-electron chi connectivity index (χ3n) is 4.89. The van der Waals surface area contributed by atoms with Crippen LogP contribution in [0.5, 0.6) is 23.0 Å². The van der Waals surface area contributed by atoms with Crippen molar-refractivity contribution in [3.8, 4) is 23.0 Å². The molecule has 6 nitrogen and oxygen atoms in total. The molecule has 3 aromatic rings. The second kappa shape index (κ2) is 8.36. The molecule has 31 heavy (non-hydrogen) atoms. The first-order valence-corrected chi connectivity index (χ1v) is 9.58. The summed E-state index contributed by atoms with van der Waals surface area (Å²) in [6, 6.07) is 17.2. The monoisotopic (exact) mass is 416 g/mol. The van der Waals surface area contributed by atoms with Gasteiger partial charge in [-0.25, -0.2) is 4.79 Å². The van der Waals surface area contributed by atoms with Gasteiger partial charge in [0, 0.05) is 17.7 Å². The molecule has 0 radical (unpaired) electrons. The molecule has 0 saturated carbocycles. The van der Waals surface area contributed by atoms with Gasteiger partial charge < -0.3 is 18.9 Å². The quantitative estimate of drug-likeness (QED) is 0.336. The molecule has 0 atom stereocenters. The zero-order chi connectivity index (χ0) is 22.0. The Morgan fingerprint density at radius 1 is 0.935 bits per heavy atom. The number of carbonyl (C=O) groups excluding carboxylic acids is 2. The predicted molar refractivity (Wildman–Crippen MR) is 115 cm³/mol. The Morgan fingerprint density at radius 3 is 2.42 bits per heavy atom. The molecule has 1 heterocycles. The lowest BCUT2D eigenvalue weighted by Gasteiger charge is -2.08. The summed E-state index contributed by atoms with van der Waals surface area (Å²) < 4.78 is 21.9. The van der Waals surface area contributed by atoms with Crippen LogP contribution in [0, 0.1) is 6.92 Å². The first kappa shape index (κ1) is 20.2. The van der Waals surface area contributed by atoms with Crippen LogP contribution in [0.4, 0.5) is 0 Å². The van der Waals surface area contributed by atoms with Gasteiger partial charge in [0.15, 0.2) is 5.76 Å². The van der Waals surface area contributed by atoms with E-state index in [2.05, 4.69) is 0 Å². The van der Waals surface area contributed by atoms with E-state index >= 15 is 0 Å². The molecule has 0 unspecified atom stereocenters. The standard InChI is InChI=1S/C25H20O6/c1-15-11-19(30-25(27)16-7-5-4-6-8-16)14-21-23(15)24(26)22(31-21)12-17-9-10-18(28-2)13-20(17)29-3/h4-14H,1-3H3/b22-12-. The Kier molecular flexibility index (Phi) is 5.45. The Morgan fingerprint density at radius 2 is 1.71 bits per heavy atom. The van der Waals surface area contributed by atoms with Gasteiger partial charge in [0.25, 0.3) is 0 Å². The van der Waals surface area contributed by atoms with Gasteiger partial charge in [-0.15, -0.1) is 0 Å². The molecule has 1 aliphatic rings. The second-order valence-corrected chi connectivity index (χ2v) is 6.92. The SMILES string of the molecule is COc1ccc(/C=C2\Oc3cc(OC(=O)c4ccccc4)cc(C)c3C2=O)c(OC)c1. The molecule has 0 spiro atoms. The average Bonchev–Trinajstić information content (AvgIpc) is 3.10. The smallest absolute Gasteiger partial charge is 0.343 e. The Bertz CT molecular complexity index is 1190. The molecule has 1 aliphatic heterocycles. The van der Waals surface area contributed by atoms with Crippen molar-refractivity contribution in [3.63, 3.8) is 0 Å². The van der Waals surface area contributed by atoms with Gasteiger partial charge in [-0.2, -0.15) is 0 Å². The maximum absolute atomic E-state index is 12.9. The average molecular weight is 416 g/mol. The van der Waals surface area contributed by atoms with Gasteiger partial charge in [0.1, 0.15) is 23.0 Å². The van der Waals surface area contributed by atoms with Crippen molar-refractivity contribution in [1.29, 1.82) is 0 Å². The van der Waals surface area contributed by atoms with E-state index in [-0.39, 0.29) is 11.5 Å². The highest BCUT2D eigenvalue weighted by Gasteiger charge is 2.30. The summed E-state index contributed by atoms with van der Waals surface area (Å²) in [5, 5.41) is 0. The summed E-state index contributed by atoms with van der Waals surface area (Å²) in [4.78, 5) is 25.3. The van der Waals surface area contributed by atoms with E-state index in [1.165, 1.54) is 0 Å². The number of Topliss-reactive ketones (excluding diaryl/α,β-unsaturated/α-hetero) is 1. The highest BCUT2D eigenvalue weighted by molar-refractivity contribution is 6.15. The van der Waals surface area contributed by atoms with Gasteiger partial charge in [-0.3, -0.25) is 4.79 Å². The molecule has 156 valence electrons. The van der Waals surface area contributed by atoms with Crippen LogP contribution in [0.15, 0.2) is 66.4 Å². The minimum Gasteiger partial charge on any atom is -0.497 e. The normalized spacial score (nSPS) is 13.5. The van der Waals surface area contributed by atoms with Crippen LogP contribution in [0.25, 0.3) is 6.08 Å². The number of hydrogen-bond acceptors (Lipinski definition) is 6. The maximum atomic E-state index is 12.9. The number of aryl methyl sites for hydroxylation is 1. The topological polar surface area (TPSA) is 71.1 Å². The predicted octanol–water partition coefficient (Wildman–Crippen LogP) is 4.85. The molecule has 0 amide bonds. The highest BCUT2D eigenvalue weighted by Crippen LogP contribution is 2.38. The van der Waals surface area contributed by atoms with E-state index in [1.807, 2.05) is 6.07 Å². The molecule has 3 aromatic carbocycles. The summed E-state index contributed by atoms with van der Waals surface area (Å²) >= 11 is 0. The largest absolute Gasteiger partial charge is 0.497 e. The lowest BCUT2D eigenvalue weighted by molar-refractivity contribution is 0.0734. The lowest BCUT2D eigenvalue weighted by atomic mass is 10.0. The van der Waals surface area contributed by atoms with Gasteiger partial charge in [0.2, 0.25) is 5.78 Å². The number of methoxy groups -OCH3 is 2. The van der Waals surface area contributed by atoms with Crippen molar-refractivity contribution in [1.82, 2.24) is 0 Å². The third-order valence-corrected chi connectivity index (χ3v) is 4.89. The summed E-state index contributed by atoms with van der Waals surface area (Å²) in [6.07, 6.45) is 1.62. The number of benzene rings is 3. The van der Waals surface area contributed by atoms with Crippen molar-refractivity contribution in [3.05, 3.63) is 88.7 Å². The molecule has 4 rings (SSSR count). The summed E-state index contributed by atoms with van der Waals surface area (Å²) in [7, 11) is 3.11. The van der Waals surface area contributed by atoms with Crippen LogP contribution in [0.2, 0.25) is 0 Å².